The first kappa shape index (κ1) is 20.6. The molecule has 5 rings (SSSR count). The minimum Gasteiger partial charge on any atom is -0.497 e. The molecule has 0 saturated carbocycles. The monoisotopic (exact) mass is 491 g/mol. The number of methoxy groups -OCH3 is 1. The summed E-state index contributed by atoms with van der Waals surface area (Å²) in [6.45, 7) is 5.16. The molecule has 1 aliphatic rings. The Morgan fingerprint density at radius 3 is 2.53 bits per heavy atom. The van der Waals surface area contributed by atoms with Crippen LogP contribution in [0, 0.1) is 13.8 Å². The average Bonchev–Trinajstić information content (AvgIpc) is 2.81. The van der Waals surface area contributed by atoms with Gasteiger partial charge in [-0.15, -0.1) is 0 Å². The topological polar surface area (TPSA) is 51.9 Å². The molecule has 0 unspecified atom stereocenters. The Balaban J connectivity index is 1.63. The number of benzene rings is 3. The van der Waals surface area contributed by atoms with Gasteiger partial charge < -0.3 is 18.8 Å². The van der Waals surface area contributed by atoms with Crippen molar-refractivity contribution in [1.82, 2.24) is 0 Å². The molecule has 0 spiro atoms. The summed E-state index contributed by atoms with van der Waals surface area (Å²) < 4.78 is 18.1. The van der Waals surface area contributed by atoms with E-state index in [9.17, 15) is 4.79 Å². The predicted molar refractivity (Wildman–Crippen MR) is 130 cm³/mol. The fourth-order valence-corrected chi connectivity index (χ4v) is 4.47. The minimum absolute atomic E-state index is 0.380. The molecular weight excluding hydrogens is 470 g/mol. The Morgan fingerprint density at radius 1 is 1.03 bits per heavy atom. The fraction of sp³-hybridized carbons (Fsp3) is 0.192. The third-order valence-electron chi connectivity index (χ3n) is 5.92. The minimum atomic E-state index is -0.380. The molecule has 162 valence electrons. The van der Waals surface area contributed by atoms with Gasteiger partial charge in [-0.3, -0.25) is 0 Å². The SMILES string of the molecule is COc1ccc(-c2cc(=O)oc3c(C)c4c(cc23)CN(c2ccc(Br)c(C)c2)CO4)cc1. The van der Waals surface area contributed by atoms with Gasteiger partial charge in [0.2, 0.25) is 0 Å². The highest BCUT2D eigenvalue weighted by Gasteiger charge is 2.24. The molecule has 0 saturated heterocycles. The quantitative estimate of drug-likeness (QED) is 0.319. The van der Waals surface area contributed by atoms with Crippen LogP contribution in [-0.4, -0.2) is 13.8 Å². The molecule has 2 heterocycles. The van der Waals surface area contributed by atoms with Gasteiger partial charge in [0.1, 0.15) is 17.1 Å². The van der Waals surface area contributed by atoms with Crippen molar-refractivity contribution in [2.24, 2.45) is 0 Å². The van der Waals surface area contributed by atoms with E-state index in [1.807, 2.05) is 31.2 Å². The van der Waals surface area contributed by atoms with Gasteiger partial charge in [0.15, 0.2) is 6.73 Å². The standard InChI is InChI=1S/C26H22BrNO4/c1-15-10-19(6-9-23(15)27)28-13-18-11-22-21(17-4-7-20(30-3)8-5-17)12-24(29)32-26(22)16(2)25(18)31-14-28/h4-12H,13-14H2,1-3H3. The largest absolute Gasteiger partial charge is 0.497 e. The number of rotatable bonds is 3. The Bertz CT molecular complexity index is 1390. The molecule has 0 amide bonds. The van der Waals surface area contributed by atoms with Crippen LogP contribution in [0.3, 0.4) is 0 Å². The molecule has 0 aliphatic carbocycles. The molecule has 0 radical (unpaired) electrons. The Labute approximate surface area is 194 Å². The van der Waals surface area contributed by atoms with Crippen LogP contribution in [0.1, 0.15) is 16.7 Å². The Hall–Kier alpha value is -3.25. The number of ether oxygens (including phenoxy) is 2. The van der Waals surface area contributed by atoms with E-state index < -0.39 is 0 Å². The summed E-state index contributed by atoms with van der Waals surface area (Å²) in [4.78, 5) is 14.6. The second kappa shape index (κ2) is 8.02. The van der Waals surface area contributed by atoms with Crippen LogP contribution in [0.25, 0.3) is 22.1 Å². The van der Waals surface area contributed by atoms with Crippen LogP contribution in [-0.2, 0) is 6.54 Å². The lowest BCUT2D eigenvalue weighted by Crippen LogP contribution is -2.32. The number of hydrogen-bond acceptors (Lipinski definition) is 5. The lowest BCUT2D eigenvalue weighted by molar-refractivity contribution is 0.287. The maximum absolute atomic E-state index is 12.4. The molecule has 0 fully saturated rings. The fourth-order valence-electron chi connectivity index (χ4n) is 4.22. The molecular formula is C26H22BrNO4. The van der Waals surface area contributed by atoms with Crippen molar-refractivity contribution in [3.63, 3.8) is 0 Å². The number of aryl methyl sites for hydroxylation is 2. The van der Waals surface area contributed by atoms with E-state index in [4.69, 9.17) is 13.9 Å². The van der Waals surface area contributed by atoms with Crippen molar-refractivity contribution < 1.29 is 13.9 Å². The molecule has 4 aromatic rings. The third-order valence-corrected chi connectivity index (χ3v) is 6.81. The molecule has 5 nitrogen and oxygen atoms in total. The second-order valence-corrected chi connectivity index (χ2v) is 8.83. The maximum atomic E-state index is 12.4. The van der Waals surface area contributed by atoms with Gasteiger partial charge in [-0.2, -0.15) is 0 Å². The lowest BCUT2D eigenvalue weighted by Gasteiger charge is -2.32. The van der Waals surface area contributed by atoms with E-state index in [1.165, 1.54) is 5.56 Å². The van der Waals surface area contributed by atoms with Crippen molar-refractivity contribution in [3.05, 3.63) is 86.2 Å². The van der Waals surface area contributed by atoms with E-state index in [-0.39, 0.29) is 5.63 Å². The van der Waals surface area contributed by atoms with Gasteiger partial charge in [-0.05, 0) is 66.9 Å². The molecule has 1 aromatic heterocycles. The summed E-state index contributed by atoms with van der Waals surface area (Å²) >= 11 is 3.57. The molecule has 0 bridgehead atoms. The van der Waals surface area contributed by atoms with E-state index >= 15 is 0 Å². The first-order valence-corrected chi connectivity index (χ1v) is 11.1. The average molecular weight is 492 g/mol. The number of fused-ring (bicyclic) bond motifs is 2. The molecule has 32 heavy (non-hydrogen) atoms. The van der Waals surface area contributed by atoms with Crippen LogP contribution in [0.15, 0.2) is 68.3 Å². The van der Waals surface area contributed by atoms with Gasteiger partial charge in [-0.1, -0.05) is 28.1 Å². The van der Waals surface area contributed by atoms with Crippen molar-refractivity contribution in [2.75, 3.05) is 18.7 Å². The summed E-state index contributed by atoms with van der Waals surface area (Å²) in [6, 6.07) is 17.6. The van der Waals surface area contributed by atoms with Gasteiger partial charge in [0, 0.05) is 39.3 Å². The first-order chi connectivity index (χ1) is 15.4. The van der Waals surface area contributed by atoms with Gasteiger partial charge in [-0.25, -0.2) is 4.79 Å². The van der Waals surface area contributed by atoms with Gasteiger partial charge >= 0.3 is 5.63 Å². The van der Waals surface area contributed by atoms with Gasteiger partial charge in [0.05, 0.1) is 7.11 Å². The zero-order valence-electron chi connectivity index (χ0n) is 18.1. The lowest BCUT2D eigenvalue weighted by atomic mass is 9.96. The summed E-state index contributed by atoms with van der Waals surface area (Å²) in [6.07, 6.45) is 0. The first-order valence-electron chi connectivity index (χ1n) is 10.3. The summed E-state index contributed by atoms with van der Waals surface area (Å²) in [5.74, 6) is 1.56. The number of anilines is 1. The normalized spacial score (nSPS) is 13.1. The van der Waals surface area contributed by atoms with Gasteiger partial charge in [0.25, 0.3) is 0 Å². The van der Waals surface area contributed by atoms with Crippen molar-refractivity contribution in [1.29, 1.82) is 0 Å². The molecule has 6 heteroatoms. The predicted octanol–water partition coefficient (Wildman–Crippen LogP) is 6.20. The summed E-state index contributed by atoms with van der Waals surface area (Å²) in [7, 11) is 1.63. The zero-order chi connectivity index (χ0) is 22.4. The van der Waals surface area contributed by atoms with Crippen LogP contribution >= 0.6 is 15.9 Å². The van der Waals surface area contributed by atoms with E-state index in [0.29, 0.717) is 18.9 Å². The van der Waals surface area contributed by atoms with E-state index in [0.717, 1.165) is 49.3 Å². The number of nitrogens with zero attached hydrogens (tertiary/aromatic N) is 1. The Morgan fingerprint density at radius 2 is 1.81 bits per heavy atom. The molecule has 0 atom stereocenters. The highest BCUT2D eigenvalue weighted by Crippen LogP contribution is 2.39. The molecule has 1 aliphatic heterocycles. The number of hydrogen-bond donors (Lipinski definition) is 0. The smallest absolute Gasteiger partial charge is 0.336 e. The van der Waals surface area contributed by atoms with Crippen LogP contribution in [0.2, 0.25) is 0 Å². The highest BCUT2D eigenvalue weighted by molar-refractivity contribution is 9.10. The van der Waals surface area contributed by atoms with Crippen LogP contribution < -0.4 is 20.0 Å². The van der Waals surface area contributed by atoms with Crippen LogP contribution in [0.5, 0.6) is 11.5 Å². The van der Waals surface area contributed by atoms with Crippen molar-refractivity contribution in [2.45, 2.75) is 20.4 Å². The molecule has 3 aromatic carbocycles. The van der Waals surface area contributed by atoms with Crippen LogP contribution in [0.4, 0.5) is 5.69 Å². The van der Waals surface area contributed by atoms with Crippen molar-refractivity contribution in [3.8, 4) is 22.6 Å². The number of halogens is 1. The maximum Gasteiger partial charge on any atom is 0.336 e. The molecule has 0 N–H and O–H groups in total. The van der Waals surface area contributed by atoms with Crippen molar-refractivity contribution >= 4 is 32.6 Å². The summed E-state index contributed by atoms with van der Waals surface area (Å²) in [5.41, 5.74) is 6.13. The van der Waals surface area contributed by atoms with E-state index in [1.54, 1.807) is 13.2 Å². The zero-order valence-corrected chi connectivity index (χ0v) is 19.7. The van der Waals surface area contributed by atoms with E-state index in [2.05, 4.69) is 52.0 Å². The second-order valence-electron chi connectivity index (χ2n) is 7.98. The highest BCUT2D eigenvalue weighted by atomic mass is 79.9. The Kier molecular flexibility index (Phi) is 5.18. The summed E-state index contributed by atoms with van der Waals surface area (Å²) in [5, 5.41) is 0.892. The third kappa shape index (κ3) is 3.54.